The quantitative estimate of drug-likeness (QED) is 0.0576. The largest absolute Gasteiger partial charge is 0.478 e. The van der Waals surface area contributed by atoms with E-state index in [0.717, 1.165) is 27.8 Å². The minimum Gasteiger partial charge on any atom is -0.478 e. The van der Waals surface area contributed by atoms with Crippen LogP contribution < -0.4 is 10.6 Å². The van der Waals surface area contributed by atoms with Gasteiger partial charge in [0.05, 0.1) is 24.3 Å². The molecule has 2 fully saturated rings. The van der Waals surface area contributed by atoms with Crippen LogP contribution in [0.5, 0.6) is 0 Å². The molecule has 0 saturated heterocycles. The van der Waals surface area contributed by atoms with Crippen LogP contribution in [0.2, 0.25) is 0 Å². The SMILES string of the molecule is C=Cc1cc(C(=O)O)c(-c2ccc(C(=O)NCC3CC3)nc2C)cc1C.C=Cc1cc(C(=O)OCOCCOC)c(-c2ccc(C(=O)NCC3CC3)nc2C)cc1C.O=C=O.O=C=O. The molecule has 4 aromatic rings. The molecule has 0 bridgehead atoms. The first kappa shape index (κ1) is 51.1. The van der Waals surface area contributed by atoms with Gasteiger partial charge in [0.2, 0.25) is 0 Å². The number of nitrogens with one attached hydrogen (secondary N) is 2. The highest BCUT2D eigenvalue weighted by atomic mass is 16.7. The average Bonchev–Trinajstić information content (AvgIpc) is 4.22. The number of aryl methyl sites for hydroxylation is 4. The first-order chi connectivity index (χ1) is 30.7. The number of pyridine rings is 2. The van der Waals surface area contributed by atoms with Crippen molar-refractivity contribution in [1.82, 2.24) is 20.6 Å². The van der Waals surface area contributed by atoms with Gasteiger partial charge in [-0.15, -0.1) is 0 Å². The zero-order valence-electron chi connectivity index (χ0n) is 36.5. The lowest BCUT2D eigenvalue weighted by atomic mass is 9.93. The number of nitrogens with zero attached hydrogens (tertiary/aromatic N) is 2. The third-order valence-corrected chi connectivity index (χ3v) is 10.1. The van der Waals surface area contributed by atoms with Crippen LogP contribution in [-0.2, 0) is 33.4 Å². The van der Waals surface area contributed by atoms with E-state index in [1.54, 1.807) is 56.5 Å². The normalized spacial score (nSPS) is 12.1. The van der Waals surface area contributed by atoms with E-state index in [-0.39, 0.29) is 36.5 Å². The molecule has 336 valence electrons. The fraction of sp³-hybridized carbons (Fsp3) is 0.333. The maximum absolute atomic E-state index is 12.8. The summed E-state index contributed by atoms with van der Waals surface area (Å²) in [7, 11) is 1.57. The molecule has 64 heavy (non-hydrogen) atoms. The van der Waals surface area contributed by atoms with Crippen molar-refractivity contribution in [2.45, 2.75) is 53.4 Å². The maximum Gasteiger partial charge on any atom is 0.373 e. The van der Waals surface area contributed by atoms with E-state index in [1.165, 1.54) is 25.7 Å². The second-order valence-electron chi connectivity index (χ2n) is 14.8. The molecular weight excluding hydrogens is 825 g/mol. The Bertz CT molecular complexity index is 2400. The molecule has 0 aliphatic heterocycles. The molecule has 3 N–H and O–H groups in total. The maximum atomic E-state index is 12.8. The summed E-state index contributed by atoms with van der Waals surface area (Å²) in [4.78, 5) is 90.5. The second kappa shape index (κ2) is 25.7. The highest BCUT2D eigenvalue weighted by molar-refractivity contribution is 6.00. The molecule has 2 aromatic carbocycles. The summed E-state index contributed by atoms with van der Waals surface area (Å²) < 4.78 is 15.5. The van der Waals surface area contributed by atoms with Crippen LogP contribution in [0.4, 0.5) is 0 Å². The van der Waals surface area contributed by atoms with Gasteiger partial charge in [0, 0.05) is 42.7 Å². The van der Waals surface area contributed by atoms with Gasteiger partial charge in [0.25, 0.3) is 11.8 Å². The fourth-order valence-electron chi connectivity index (χ4n) is 6.30. The van der Waals surface area contributed by atoms with Gasteiger partial charge >= 0.3 is 24.2 Å². The predicted octanol–water partition coefficient (Wildman–Crippen LogP) is 6.60. The summed E-state index contributed by atoms with van der Waals surface area (Å²) >= 11 is 0. The second-order valence-corrected chi connectivity index (χ2v) is 14.8. The molecule has 16 heteroatoms. The van der Waals surface area contributed by atoms with Crippen molar-refractivity contribution in [2.75, 3.05) is 40.2 Å². The van der Waals surface area contributed by atoms with Gasteiger partial charge in [-0.3, -0.25) is 9.59 Å². The van der Waals surface area contributed by atoms with Gasteiger partial charge in [-0.05, 0) is 135 Å². The molecule has 0 unspecified atom stereocenters. The van der Waals surface area contributed by atoms with Gasteiger partial charge in [-0.2, -0.15) is 19.2 Å². The summed E-state index contributed by atoms with van der Waals surface area (Å²) in [5.74, 6) is -0.692. The number of esters is 1. The lowest BCUT2D eigenvalue weighted by Gasteiger charge is -2.15. The Kier molecular flexibility index (Phi) is 20.5. The number of ether oxygens (including phenoxy) is 3. The standard InChI is InChI=1S/C25H30N2O5.C21H22N2O3.2CO2/c1-5-19-13-22(25(29)32-15-31-11-10-30-4)21(12-16(19)2)20-8-9-23(27-17(20)3)24(28)26-14-18-6-7-18;1-4-15-10-18(21(25)26)17(9-12(15)2)16-7-8-19(23-13(16)3)20(24)22-11-14-5-6-14;2*2-1-3/h5,8-9,12-13,18H,1,6-7,10-11,14-15H2,2-4H3,(H,26,28);4,7-10,14H,1,5-6,11H2,2-3H3,(H,22,24)(H,25,26);;. The average molecular weight is 877 g/mol. The van der Waals surface area contributed by atoms with Crippen molar-refractivity contribution in [2.24, 2.45) is 11.8 Å². The molecular formula is C48H52N4O12. The van der Waals surface area contributed by atoms with E-state index >= 15 is 0 Å². The van der Waals surface area contributed by atoms with Crippen LogP contribution >= 0.6 is 0 Å². The molecule has 6 rings (SSSR count). The predicted molar refractivity (Wildman–Crippen MR) is 234 cm³/mol. The van der Waals surface area contributed by atoms with E-state index < -0.39 is 11.9 Å². The number of benzene rings is 2. The van der Waals surface area contributed by atoms with Crippen LogP contribution in [0.1, 0.15) is 101 Å². The number of hydrogen-bond donors (Lipinski definition) is 3. The van der Waals surface area contributed by atoms with Crippen molar-refractivity contribution in [3.05, 3.63) is 118 Å². The highest BCUT2D eigenvalue weighted by Crippen LogP contribution is 2.32. The van der Waals surface area contributed by atoms with Gasteiger partial charge in [-0.25, -0.2) is 19.6 Å². The number of carboxylic acid groups (broad SMARTS) is 1. The Morgan fingerprint density at radius 3 is 1.48 bits per heavy atom. The Morgan fingerprint density at radius 2 is 1.11 bits per heavy atom. The summed E-state index contributed by atoms with van der Waals surface area (Å²) in [5.41, 5.74) is 8.84. The number of carbonyl (C=O) groups is 4. The van der Waals surface area contributed by atoms with Crippen LogP contribution in [0.3, 0.4) is 0 Å². The molecule has 2 heterocycles. The minimum atomic E-state index is -1.01. The van der Waals surface area contributed by atoms with Crippen molar-refractivity contribution < 1.29 is 57.7 Å². The van der Waals surface area contributed by atoms with Crippen LogP contribution in [0, 0.1) is 39.5 Å². The van der Waals surface area contributed by atoms with Crippen molar-refractivity contribution in [1.29, 1.82) is 0 Å². The molecule has 2 aromatic heterocycles. The van der Waals surface area contributed by atoms with E-state index in [4.69, 9.17) is 33.4 Å². The van der Waals surface area contributed by atoms with E-state index in [2.05, 4.69) is 33.8 Å². The zero-order chi connectivity index (χ0) is 47.3. The van der Waals surface area contributed by atoms with E-state index in [1.807, 2.05) is 39.0 Å². The molecule has 0 radical (unpaired) electrons. The summed E-state index contributed by atoms with van der Waals surface area (Å²) in [6, 6.07) is 14.0. The lowest BCUT2D eigenvalue weighted by molar-refractivity contribution is -0.193. The Labute approximate surface area is 371 Å². The summed E-state index contributed by atoms with van der Waals surface area (Å²) in [5, 5.41) is 15.4. The number of rotatable bonds is 17. The molecule has 16 nitrogen and oxygen atoms in total. The van der Waals surface area contributed by atoms with Crippen LogP contribution in [-0.4, -0.2) is 91.3 Å². The van der Waals surface area contributed by atoms with Gasteiger partial charge in [0.15, 0.2) is 6.79 Å². The summed E-state index contributed by atoms with van der Waals surface area (Å²) in [6.45, 7) is 17.0. The monoisotopic (exact) mass is 876 g/mol. The number of aromatic carboxylic acids is 1. The van der Waals surface area contributed by atoms with Gasteiger partial charge in [0.1, 0.15) is 11.4 Å². The van der Waals surface area contributed by atoms with Crippen LogP contribution in [0.25, 0.3) is 34.4 Å². The fourth-order valence-corrected chi connectivity index (χ4v) is 6.30. The number of aromatic nitrogens is 2. The molecule has 2 aliphatic rings. The first-order valence-electron chi connectivity index (χ1n) is 20.2. The summed E-state index contributed by atoms with van der Waals surface area (Å²) in [6.07, 6.45) is 8.52. The topological polar surface area (TPSA) is 234 Å². The van der Waals surface area contributed by atoms with E-state index in [9.17, 15) is 24.3 Å². The van der Waals surface area contributed by atoms with E-state index in [0.29, 0.717) is 83.2 Å². The molecule has 0 spiro atoms. The number of amides is 2. The van der Waals surface area contributed by atoms with Crippen LogP contribution in [0.15, 0.2) is 61.7 Å². The Morgan fingerprint density at radius 1 is 0.688 bits per heavy atom. The lowest BCUT2D eigenvalue weighted by Crippen LogP contribution is -2.26. The number of methoxy groups -OCH3 is 1. The number of carbonyl (C=O) groups excluding carboxylic acids is 7. The first-order valence-corrected chi connectivity index (χ1v) is 20.2. The third-order valence-electron chi connectivity index (χ3n) is 10.1. The molecule has 2 amide bonds. The van der Waals surface area contributed by atoms with Crippen molar-refractivity contribution in [3.63, 3.8) is 0 Å². The number of carboxylic acids is 1. The van der Waals surface area contributed by atoms with Gasteiger partial charge in [-0.1, -0.05) is 37.4 Å². The number of hydrogen-bond acceptors (Lipinski definition) is 13. The third kappa shape index (κ3) is 15.3. The molecule has 2 saturated carbocycles. The zero-order valence-corrected chi connectivity index (χ0v) is 36.5. The Hall–Kier alpha value is -7.22. The van der Waals surface area contributed by atoms with Crippen molar-refractivity contribution >= 4 is 48.2 Å². The minimum absolute atomic E-state index is 0.170. The molecule has 0 atom stereocenters. The smallest absolute Gasteiger partial charge is 0.373 e. The molecule has 2 aliphatic carbocycles. The van der Waals surface area contributed by atoms with Gasteiger partial charge < -0.3 is 30.0 Å². The highest BCUT2D eigenvalue weighted by Gasteiger charge is 2.24. The van der Waals surface area contributed by atoms with Crippen molar-refractivity contribution in [3.8, 4) is 22.3 Å². The Balaban J connectivity index is 0.000000308.